The van der Waals surface area contributed by atoms with Crippen LogP contribution < -0.4 is 20.7 Å². The highest BCUT2D eigenvalue weighted by atomic mass is 16.5. The van der Waals surface area contributed by atoms with E-state index in [0.717, 1.165) is 19.5 Å². The van der Waals surface area contributed by atoms with Gasteiger partial charge < -0.3 is 30.5 Å². The average molecular weight is 516 g/mol. The van der Waals surface area contributed by atoms with E-state index in [-0.39, 0.29) is 36.5 Å². The molecule has 1 aromatic rings. The molecule has 2 atom stereocenters. The minimum absolute atomic E-state index is 0.00442. The van der Waals surface area contributed by atoms with E-state index >= 15 is 0 Å². The van der Waals surface area contributed by atoms with Crippen LogP contribution in [0, 0.1) is 5.92 Å². The molecule has 10 nitrogen and oxygen atoms in total. The van der Waals surface area contributed by atoms with Crippen molar-refractivity contribution in [1.82, 2.24) is 25.8 Å². The lowest BCUT2D eigenvalue weighted by Crippen LogP contribution is -2.51. The SMILES string of the molecule is CC(C)C[C@@H]1NC(=O)CC[C@@H](C(=O)N2CCCN(C)CC2)NC(=O)c2ccccc2OCCCNC1=O. The van der Waals surface area contributed by atoms with Gasteiger partial charge in [0.2, 0.25) is 17.7 Å². The van der Waals surface area contributed by atoms with Gasteiger partial charge >= 0.3 is 0 Å². The molecule has 4 amide bonds. The van der Waals surface area contributed by atoms with E-state index in [2.05, 4.69) is 20.9 Å². The van der Waals surface area contributed by atoms with Gasteiger partial charge in [0.05, 0.1) is 12.2 Å². The van der Waals surface area contributed by atoms with Gasteiger partial charge in [-0.2, -0.15) is 0 Å². The van der Waals surface area contributed by atoms with Crippen molar-refractivity contribution >= 4 is 23.6 Å². The molecule has 0 radical (unpaired) electrons. The standard InChI is InChI=1S/C27H41N5O5/c1-19(2)18-22-26(35)28-12-6-17-37-23-9-5-4-8-20(23)25(34)30-21(10-11-24(33)29-22)27(36)32-14-7-13-31(3)15-16-32/h4-5,8-9,19,21-22H,6-7,10-18H2,1-3H3,(H,28,35)(H,29,33)(H,30,34)/t21-,22-/m0/s1. The van der Waals surface area contributed by atoms with Crippen LogP contribution in [0.4, 0.5) is 0 Å². The molecule has 3 rings (SSSR count). The highest BCUT2D eigenvalue weighted by molar-refractivity contribution is 5.99. The smallest absolute Gasteiger partial charge is 0.255 e. The second-order valence-corrected chi connectivity index (χ2v) is 10.3. The molecule has 1 fully saturated rings. The van der Waals surface area contributed by atoms with Crippen LogP contribution >= 0.6 is 0 Å². The van der Waals surface area contributed by atoms with Gasteiger partial charge in [0.25, 0.3) is 5.91 Å². The van der Waals surface area contributed by atoms with Gasteiger partial charge in [-0.3, -0.25) is 19.2 Å². The van der Waals surface area contributed by atoms with E-state index in [1.54, 1.807) is 29.2 Å². The van der Waals surface area contributed by atoms with Crippen molar-refractivity contribution in [2.75, 3.05) is 46.4 Å². The molecule has 37 heavy (non-hydrogen) atoms. The number of hydrogen-bond acceptors (Lipinski definition) is 6. The number of nitrogens with one attached hydrogen (secondary N) is 3. The molecule has 0 spiro atoms. The Hall–Kier alpha value is -3.14. The molecule has 0 saturated carbocycles. The van der Waals surface area contributed by atoms with Gasteiger partial charge in [0.1, 0.15) is 17.8 Å². The summed E-state index contributed by atoms with van der Waals surface area (Å²) in [7, 11) is 2.02. The second kappa shape index (κ2) is 14.0. The summed E-state index contributed by atoms with van der Waals surface area (Å²) >= 11 is 0. The van der Waals surface area contributed by atoms with Gasteiger partial charge in [-0.05, 0) is 57.3 Å². The van der Waals surface area contributed by atoms with E-state index in [4.69, 9.17) is 4.74 Å². The molecule has 204 valence electrons. The number of likely N-dealkylation sites (N-methyl/N-ethyl adjacent to an activating group) is 1. The summed E-state index contributed by atoms with van der Waals surface area (Å²) in [5.41, 5.74) is 0.327. The van der Waals surface area contributed by atoms with Crippen molar-refractivity contribution in [2.45, 2.75) is 58.0 Å². The number of amides is 4. The number of carbonyl (C=O) groups is 4. The lowest BCUT2D eigenvalue weighted by atomic mass is 10.0. The first-order chi connectivity index (χ1) is 17.7. The van der Waals surface area contributed by atoms with Crippen LogP contribution in [0.2, 0.25) is 0 Å². The normalized spacial score (nSPS) is 23.2. The molecule has 1 saturated heterocycles. The second-order valence-electron chi connectivity index (χ2n) is 10.3. The number of para-hydroxylation sites is 1. The Labute approximate surface area is 219 Å². The number of nitrogens with zero attached hydrogens (tertiary/aromatic N) is 2. The highest BCUT2D eigenvalue weighted by Crippen LogP contribution is 2.19. The van der Waals surface area contributed by atoms with E-state index in [9.17, 15) is 19.2 Å². The van der Waals surface area contributed by atoms with Crippen molar-refractivity contribution in [3.8, 4) is 5.75 Å². The van der Waals surface area contributed by atoms with Crippen LogP contribution in [0.1, 0.15) is 56.3 Å². The fraction of sp³-hybridized carbons (Fsp3) is 0.630. The summed E-state index contributed by atoms with van der Waals surface area (Å²) in [4.78, 5) is 56.4. The number of rotatable bonds is 3. The third-order valence-corrected chi connectivity index (χ3v) is 6.66. The van der Waals surface area contributed by atoms with Crippen LogP contribution in [-0.4, -0.2) is 91.9 Å². The monoisotopic (exact) mass is 515 g/mol. The van der Waals surface area contributed by atoms with Crippen LogP contribution in [0.5, 0.6) is 5.75 Å². The maximum absolute atomic E-state index is 13.5. The Balaban J connectivity index is 1.83. The maximum Gasteiger partial charge on any atom is 0.255 e. The van der Waals surface area contributed by atoms with Crippen LogP contribution in [0.25, 0.3) is 0 Å². The molecule has 1 aromatic carbocycles. The molecule has 2 aliphatic heterocycles. The lowest BCUT2D eigenvalue weighted by molar-refractivity contribution is -0.134. The van der Waals surface area contributed by atoms with E-state index < -0.39 is 18.0 Å². The van der Waals surface area contributed by atoms with Crippen molar-refractivity contribution < 1.29 is 23.9 Å². The third-order valence-electron chi connectivity index (χ3n) is 6.66. The van der Waals surface area contributed by atoms with E-state index in [1.165, 1.54) is 0 Å². The molecular formula is C27H41N5O5. The van der Waals surface area contributed by atoms with Crippen molar-refractivity contribution in [2.24, 2.45) is 5.92 Å². The first-order valence-electron chi connectivity index (χ1n) is 13.3. The lowest BCUT2D eigenvalue weighted by Gasteiger charge is -2.27. The third kappa shape index (κ3) is 8.73. The average Bonchev–Trinajstić information content (AvgIpc) is 3.09. The zero-order valence-electron chi connectivity index (χ0n) is 22.3. The molecular weight excluding hydrogens is 474 g/mol. The Morgan fingerprint density at radius 1 is 1.05 bits per heavy atom. The van der Waals surface area contributed by atoms with Gasteiger partial charge in [0, 0.05) is 32.6 Å². The summed E-state index contributed by atoms with van der Waals surface area (Å²) in [6.45, 7) is 7.47. The van der Waals surface area contributed by atoms with Gasteiger partial charge in [-0.15, -0.1) is 0 Å². The van der Waals surface area contributed by atoms with E-state index in [0.29, 0.717) is 50.4 Å². The molecule has 3 N–H and O–H groups in total. The largest absolute Gasteiger partial charge is 0.493 e. The number of ether oxygens (including phenoxy) is 1. The first kappa shape index (κ1) is 28.4. The Morgan fingerprint density at radius 2 is 1.84 bits per heavy atom. The Bertz CT molecular complexity index is 953. The molecule has 0 unspecified atom stereocenters. The van der Waals surface area contributed by atoms with Crippen LogP contribution in [-0.2, 0) is 14.4 Å². The van der Waals surface area contributed by atoms with Crippen molar-refractivity contribution in [3.05, 3.63) is 29.8 Å². The Morgan fingerprint density at radius 3 is 2.62 bits per heavy atom. The summed E-state index contributed by atoms with van der Waals surface area (Å²) in [5.74, 6) is -0.553. The quantitative estimate of drug-likeness (QED) is 0.556. The summed E-state index contributed by atoms with van der Waals surface area (Å²) in [5, 5.41) is 8.58. The van der Waals surface area contributed by atoms with Crippen molar-refractivity contribution in [1.29, 1.82) is 0 Å². The molecule has 0 aliphatic carbocycles. The van der Waals surface area contributed by atoms with Crippen LogP contribution in [0.15, 0.2) is 24.3 Å². The molecule has 2 aliphatic rings. The zero-order valence-corrected chi connectivity index (χ0v) is 22.3. The minimum atomic E-state index is -0.875. The number of carbonyl (C=O) groups excluding carboxylic acids is 4. The number of benzene rings is 1. The van der Waals surface area contributed by atoms with Crippen LogP contribution in [0.3, 0.4) is 0 Å². The summed E-state index contributed by atoms with van der Waals surface area (Å²) in [6.07, 6.45) is 2.01. The predicted molar refractivity (Wildman–Crippen MR) is 140 cm³/mol. The fourth-order valence-electron chi connectivity index (χ4n) is 4.59. The summed E-state index contributed by atoms with van der Waals surface area (Å²) < 4.78 is 5.86. The van der Waals surface area contributed by atoms with E-state index in [1.807, 2.05) is 20.9 Å². The zero-order chi connectivity index (χ0) is 26.8. The number of hydrogen-bond donors (Lipinski definition) is 3. The molecule has 0 aromatic heterocycles. The topological polar surface area (TPSA) is 120 Å². The summed E-state index contributed by atoms with van der Waals surface area (Å²) in [6, 6.07) is 5.35. The molecule has 2 heterocycles. The minimum Gasteiger partial charge on any atom is -0.493 e. The van der Waals surface area contributed by atoms with Crippen molar-refractivity contribution in [3.63, 3.8) is 0 Å². The fourth-order valence-corrected chi connectivity index (χ4v) is 4.59. The predicted octanol–water partition coefficient (Wildman–Crippen LogP) is 1.16. The highest BCUT2D eigenvalue weighted by Gasteiger charge is 2.30. The molecule has 0 bridgehead atoms. The number of fused-ring (bicyclic) bond motifs is 1. The Kier molecular flexibility index (Phi) is 10.7. The van der Waals surface area contributed by atoms with Gasteiger partial charge in [0.15, 0.2) is 0 Å². The maximum atomic E-state index is 13.5. The van der Waals surface area contributed by atoms with Gasteiger partial charge in [-0.25, -0.2) is 0 Å². The molecule has 10 heteroatoms. The van der Waals surface area contributed by atoms with Gasteiger partial charge in [-0.1, -0.05) is 26.0 Å². The first-order valence-corrected chi connectivity index (χ1v) is 13.3.